The maximum atomic E-state index is 13.4. The number of nitrogens with zero attached hydrogens (tertiary/aromatic N) is 2. The first kappa shape index (κ1) is 21.1. The number of phenols is 1. The molecular weight excluding hydrogens is 436 g/mol. The average Bonchev–Trinajstić information content (AvgIpc) is 3.04. The molecule has 0 radical (unpaired) electrons. The number of carbonyl (C=O) groups is 1. The van der Waals surface area contributed by atoms with Crippen molar-refractivity contribution in [2.75, 3.05) is 6.61 Å². The Bertz CT molecular complexity index is 1350. The van der Waals surface area contributed by atoms with Gasteiger partial charge in [0.2, 0.25) is 0 Å². The van der Waals surface area contributed by atoms with E-state index in [9.17, 15) is 14.7 Å². The summed E-state index contributed by atoms with van der Waals surface area (Å²) in [4.78, 5) is 31.2. The summed E-state index contributed by atoms with van der Waals surface area (Å²) in [5, 5.41) is 10.1. The number of hydrogen-bond acceptors (Lipinski definition) is 6. The Morgan fingerprint density at radius 2 is 1.90 bits per heavy atom. The molecule has 1 N–H and O–H groups in total. The van der Waals surface area contributed by atoms with E-state index >= 15 is 0 Å². The molecule has 0 spiro atoms. The number of thiazole rings is 1. The Labute approximate surface area is 187 Å². The largest absolute Gasteiger partial charge is 0.508 e. The molecule has 1 unspecified atom stereocenters. The first-order valence-corrected chi connectivity index (χ1v) is 10.8. The highest BCUT2D eigenvalue weighted by atomic mass is 35.5. The zero-order valence-corrected chi connectivity index (χ0v) is 18.4. The summed E-state index contributed by atoms with van der Waals surface area (Å²) in [7, 11) is 0. The van der Waals surface area contributed by atoms with Crippen LogP contribution in [0.3, 0.4) is 0 Å². The molecule has 2 heterocycles. The van der Waals surface area contributed by atoms with Gasteiger partial charge in [-0.05, 0) is 55.3 Å². The summed E-state index contributed by atoms with van der Waals surface area (Å²) in [5.74, 6) is -0.354. The fourth-order valence-electron chi connectivity index (χ4n) is 3.47. The highest BCUT2D eigenvalue weighted by Crippen LogP contribution is 2.31. The van der Waals surface area contributed by atoms with E-state index in [1.807, 2.05) is 0 Å². The number of halogens is 1. The minimum absolute atomic E-state index is 0.149. The first-order valence-electron chi connectivity index (χ1n) is 9.63. The molecule has 0 amide bonds. The lowest BCUT2D eigenvalue weighted by Gasteiger charge is -2.24. The van der Waals surface area contributed by atoms with Crippen molar-refractivity contribution >= 4 is 35.0 Å². The molecular formula is C23H19ClN2O4S. The molecule has 4 rings (SSSR count). The van der Waals surface area contributed by atoms with Gasteiger partial charge in [-0.3, -0.25) is 9.36 Å². The number of allylic oxidation sites excluding steroid dienone is 1. The van der Waals surface area contributed by atoms with E-state index in [1.165, 1.54) is 15.9 Å². The Morgan fingerprint density at radius 3 is 2.55 bits per heavy atom. The predicted molar refractivity (Wildman–Crippen MR) is 120 cm³/mol. The number of hydrogen-bond donors (Lipinski definition) is 1. The Morgan fingerprint density at radius 1 is 1.23 bits per heavy atom. The lowest BCUT2D eigenvalue weighted by atomic mass is 9.96. The predicted octanol–water partition coefficient (Wildman–Crippen LogP) is 3.16. The van der Waals surface area contributed by atoms with Crippen LogP contribution in [0.4, 0.5) is 0 Å². The maximum Gasteiger partial charge on any atom is 0.338 e. The molecule has 2 aromatic carbocycles. The number of aromatic hydroxyl groups is 1. The second-order valence-corrected chi connectivity index (χ2v) is 8.39. The second kappa shape index (κ2) is 8.53. The fraction of sp³-hybridized carbons (Fsp3) is 0.174. The molecule has 0 aliphatic carbocycles. The summed E-state index contributed by atoms with van der Waals surface area (Å²) < 4.78 is 7.27. The third-order valence-corrected chi connectivity index (χ3v) is 6.13. The van der Waals surface area contributed by atoms with Gasteiger partial charge in [-0.1, -0.05) is 47.2 Å². The van der Waals surface area contributed by atoms with Gasteiger partial charge in [0, 0.05) is 5.02 Å². The fourth-order valence-corrected chi connectivity index (χ4v) is 4.65. The van der Waals surface area contributed by atoms with E-state index < -0.39 is 12.0 Å². The van der Waals surface area contributed by atoms with Crippen molar-refractivity contribution in [3.8, 4) is 5.75 Å². The number of benzene rings is 2. The van der Waals surface area contributed by atoms with Crippen molar-refractivity contribution < 1.29 is 14.6 Å². The average molecular weight is 455 g/mol. The van der Waals surface area contributed by atoms with Crippen LogP contribution >= 0.6 is 22.9 Å². The molecule has 1 aliphatic heterocycles. The van der Waals surface area contributed by atoms with Gasteiger partial charge >= 0.3 is 5.97 Å². The van der Waals surface area contributed by atoms with E-state index in [1.54, 1.807) is 68.5 Å². The number of rotatable bonds is 4. The quantitative estimate of drug-likeness (QED) is 0.614. The molecule has 1 aliphatic rings. The number of aromatic nitrogens is 1. The molecule has 3 aromatic rings. The molecule has 31 heavy (non-hydrogen) atoms. The number of ether oxygens (including phenoxy) is 1. The first-order chi connectivity index (χ1) is 14.9. The summed E-state index contributed by atoms with van der Waals surface area (Å²) in [6.45, 7) is 3.69. The van der Waals surface area contributed by atoms with Crippen molar-refractivity contribution in [3.05, 3.63) is 95.6 Å². The van der Waals surface area contributed by atoms with Crippen molar-refractivity contribution in [1.82, 2.24) is 4.57 Å². The van der Waals surface area contributed by atoms with Gasteiger partial charge in [0.15, 0.2) is 4.80 Å². The van der Waals surface area contributed by atoms with Gasteiger partial charge in [0.25, 0.3) is 5.56 Å². The number of esters is 1. The molecule has 6 nitrogen and oxygen atoms in total. The minimum atomic E-state index is -0.672. The molecule has 8 heteroatoms. The van der Waals surface area contributed by atoms with Crippen LogP contribution < -0.4 is 14.9 Å². The standard InChI is InChI=1S/C23H19ClN2O4S/c1-3-30-22(29)19-13(2)25-23-26(20(19)15-6-8-16(24)9-7-15)21(28)18(31-23)12-14-4-10-17(27)11-5-14/h4-12,20,27H,3H2,1-2H3. The molecule has 0 fully saturated rings. The number of fused-ring (bicyclic) bond motifs is 1. The van der Waals surface area contributed by atoms with Gasteiger partial charge in [0.1, 0.15) is 5.75 Å². The smallest absolute Gasteiger partial charge is 0.338 e. The SMILES string of the molecule is CCOC(=O)C1=C(C)N=c2sc(=Cc3ccc(O)cc3)c(=O)n2C1c1ccc(Cl)cc1. The van der Waals surface area contributed by atoms with Crippen molar-refractivity contribution in [1.29, 1.82) is 0 Å². The van der Waals surface area contributed by atoms with E-state index in [0.29, 0.717) is 25.6 Å². The summed E-state index contributed by atoms with van der Waals surface area (Å²) >= 11 is 7.30. The van der Waals surface area contributed by atoms with Crippen LogP contribution in [0.2, 0.25) is 5.02 Å². The Hall–Kier alpha value is -3.16. The van der Waals surface area contributed by atoms with E-state index in [4.69, 9.17) is 16.3 Å². The van der Waals surface area contributed by atoms with Crippen LogP contribution in [0.1, 0.15) is 31.0 Å². The maximum absolute atomic E-state index is 13.4. The second-order valence-electron chi connectivity index (χ2n) is 6.95. The lowest BCUT2D eigenvalue weighted by Crippen LogP contribution is -2.39. The molecule has 0 saturated carbocycles. The van der Waals surface area contributed by atoms with E-state index in [2.05, 4.69) is 4.99 Å². The van der Waals surface area contributed by atoms with Crippen LogP contribution in [0.25, 0.3) is 6.08 Å². The summed E-state index contributed by atoms with van der Waals surface area (Å²) in [6.07, 6.45) is 1.74. The monoisotopic (exact) mass is 454 g/mol. The summed E-state index contributed by atoms with van der Waals surface area (Å²) in [5.41, 5.74) is 2.08. The molecule has 1 aromatic heterocycles. The minimum Gasteiger partial charge on any atom is -0.508 e. The van der Waals surface area contributed by atoms with E-state index in [0.717, 1.165) is 11.1 Å². The van der Waals surface area contributed by atoms with Crippen molar-refractivity contribution in [2.24, 2.45) is 4.99 Å². The molecule has 0 bridgehead atoms. The third-order valence-electron chi connectivity index (χ3n) is 4.89. The highest BCUT2D eigenvalue weighted by Gasteiger charge is 2.33. The number of phenolic OH excluding ortho intramolecular Hbond substituents is 1. The van der Waals surface area contributed by atoms with Gasteiger partial charge in [-0.25, -0.2) is 9.79 Å². The molecule has 1 atom stereocenters. The molecule has 0 saturated heterocycles. The van der Waals surface area contributed by atoms with Gasteiger partial charge in [-0.2, -0.15) is 0 Å². The Balaban J connectivity index is 1.94. The van der Waals surface area contributed by atoms with Crippen LogP contribution in [-0.4, -0.2) is 22.2 Å². The zero-order chi connectivity index (χ0) is 22.1. The van der Waals surface area contributed by atoms with Crippen LogP contribution in [0, 0.1) is 0 Å². The van der Waals surface area contributed by atoms with Gasteiger partial charge in [0.05, 0.1) is 28.5 Å². The topological polar surface area (TPSA) is 80.9 Å². The summed E-state index contributed by atoms with van der Waals surface area (Å²) in [6, 6.07) is 12.9. The van der Waals surface area contributed by atoms with Crippen LogP contribution in [0.15, 0.2) is 69.6 Å². The van der Waals surface area contributed by atoms with E-state index in [-0.39, 0.29) is 17.9 Å². The van der Waals surface area contributed by atoms with Crippen molar-refractivity contribution in [3.63, 3.8) is 0 Å². The zero-order valence-electron chi connectivity index (χ0n) is 16.8. The van der Waals surface area contributed by atoms with Crippen molar-refractivity contribution in [2.45, 2.75) is 19.9 Å². The normalized spacial score (nSPS) is 16.1. The van der Waals surface area contributed by atoms with Gasteiger partial charge in [-0.15, -0.1) is 0 Å². The third kappa shape index (κ3) is 4.06. The lowest BCUT2D eigenvalue weighted by molar-refractivity contribution is -0.139. The van der Waals surface area contributed by atoms with Crippen LogP contribution in [-0.2, 0) is 9.53 Å². The van der Waals surface area contributed by atoms with Gasteiger partial charge < -0.3 is 9.84 Å². The highest BCUT2D eigenvalue weighted by molar-refractivity contribution is 7.07. The van der Waals surface area contributed by atoms with Crippen LogP contribution in [0.5, 0.6) is 5.75 Å². The molecule has 158 valence electrons. The Kier molecular flexibility index (Phi) is 5.80. The number of carbonyl (C=O) groups excluding carboxylic acids is 1.